The first-order chi connectivity index (χ1) is 10.2. The van der Waals surface area contributed by atoms with Gasteiger partial charge in [0.25, 0.3) is 5.88 Å². The summed E-state index contributed by atoms with van der Waals surface area (Å²) in [7, 11) is 3.11. The van der Waals surface area contributed by atoms with E-state index in [0.717, 1.165) is 5.56 Å². The number of benzene rings is 1. The summed E-state index contributed by atoms with van der Waals surface area (Å²) in [5.41, 5.74) is 3.52. The standard InChI is InChI=1S/C14H14N4O3/c1-9-17-11(7-15)14(21-9)18-16-8-10-5-4-6-12(19-2)13(10)20-3/h4-6,8,18H,1-3H3. The molecule has 1 aromatic heterocycles. The van der Waals surface area contributed by atoms with E-state index in [1.807, 2.05) is 18.2 Å². The van der Waals surface area contributed by atoms with Crippen LogP contribution >= 0.6 is 0 Å². The molecule has 0 spiro atoms. The van der Waals surface area contributed by atoms with Gasteiger partial charge in [-0.25, -0.2) is 10.4 Å². The van der Waals surface area contributed by atoms with E-state index in [2.05, 4.69) is 15.5 Å². The molecule has 0 fully saturated rings. The van der Waals surface area contributed by atoms with Gasteiger partial charge in [-0.2, -0.15) is 10.4 Å². The molecular formula is C14H14N4O3. The number of hydrogen-bond donors (Lipinski definition) is 1. The van der Waals surface area contributed by atoms with E-state index < -0.39 is 0 Å². The average molecular weight is 286 g/mol. The first-order valence-corrected chi connectivity index (χ1v) is 6.07. The maximum absolute atomic E-state index is 8.90. The van der Waals surface area contributed by atoms with Crippen molar-refractivity contribution in [2.75, 3.05) is 19.6 Å². The van der Waals surface area contributed by atoms with E-state index in [1.165, 1.54) is 0 Å². The van der Waals surface area contributed by atoms with Crippen molar-refractivity contribution in [1.82, 2.24) is 4.98 Å². The summed E-state index contributed by atoms with van der Waals surface area (Å²) >= 11 is 0. The Balaban J connectivity index is 2.20. The number of ether oxygens (including phenoxy) is 2. The van der Waals surface area contributed by atoms with Crippen LogP contribution < -0.4 is 14.9 Å². The molecule has 0 radical (unpaired) electrons. The van der Waals surface area contributed by atoms with Crippen molar-refractivity contribution >= 4 is 12.1 Å². The number of nitrogens with zero attached hydrogens (tertiary/aromatic N) is 3. The molecule has 2 rings (SSSR count). The van der Waals surface area contributed by atoms with Gasteiger partial charge in [0.2, 0.25) is 5.69 Å². The summed E-state index contributed by atoms with van der Waals surface area (Å²) in [5.74, 6) is 1.77. The van der Waals surface area contributed by atoms with E-state index in [9.17, 15) is 0 Å². The highest BCUT2D eigenvalue weighted by Crippen LogP contribution is 2.29. The Bertz CT molecular complexity index is 701. The second-order valence-electron chi connectivity index (χ2n) is 3.98. The van der Waals surface area contributed by atoms with Crippen LogP contribution in [0.25, 0.3) is 0 Å². The molecular weight excluding hydrogens is 272 g/mol. The van der Waals surface area contributed by atoms with Gasteiger partial charge in [-0.1, -0.05) is 6.07 Å². The van der Waals surface area contributed by atoms with Crippen molar-refractivity contribution in [3.05, 3.63) is 35.3 Å². The van der Waals surface area contributed by atoms with Crippen molar-refractivity contribution in [3.63, 3.8) is 0 Å². The molecule has 7 nitrogen and oxygen atoms in total. The SMILES string of the molecule is COc1cccc(C=NNc2oc(C)nc2C#N)c1OC. The third kappa shape index (κ3) is 3.12. The van der Waals surface area contributed by atoms with Gasteiger partial charge in [0, 0.05) is 12.5 Å². The Morgan fingerprint density at radius 3 is 2.86 bits per heavy atom. The number of methoxy groups -OCH3 is 2. The van der Waals surface area contributed by atoms with E-state index >= 15 is 0 Å². The third-order valence-corrected chi connectivity index (χ3v) is 2.64. The summed E-state index contributed by atoms with van der Waals surface area (Å²) in [6.07, 6.45) is 1.54. The van der Waals surface area contributed by atoms with Gasteiger partial charge in [0.05, 0.1) is 20.4 Å². The largest absolute Gasteiger partial charge is 0.493 e. The molecule has 1 heterocycles. The fraction of sp³-hybridized carbons (Fsp3) is 0.214. The first-order valence-electron chi connectivity index (χ1n) is 6.07. The molecule has 108 valence electrons. The minimum absolute atomic E-state index is 0.155. The monoisotopic (exact) mass is 286 g/mol. The van der Waals surface area contributed by atoms with Crippen LogP contribution in [0.5, 0.6) is 11.5 Å². The van der Waals surface area contributed by atoms with Crippen molar-refractivity contribution in [2.45, 2.75) is 6.92 Å². The molecule has 1 N–H and O–H groups in total. The fourth-order valence-corrected chi connectivity index (χ4v) is 1.75. The van der Waals surface area contributed by atoms with Gasteiger partial charge in [-0.15, -0.1) is 0 Å². The topological polar surface area (TPSA) is 92.7 Å². The van der Waals surface area contributed by atoms with Crippen LogP contribution in [0.4, 0.5) is 5.88 Å². The summed E-state index contributed by atoms with van der Waals surface area (Å²) in [5, 5.41) is 12.9. The molecule has 0 saturated carbocycles. The number of anilines is 1. The predicted octanol–water partition coefficient (Wildman–Crippen LogP) is 2.32. The van der Waals surface area contributed by atoms with Gasteiger partial charge in [0.1, 0.15) is 6.07 Å². The van der Waals surface area contributed by atoms with Crippen molar-refractivity contribution < 1.29 is 13.9 Å². The van der Waals surface area contributed by atoms with Gasteiger partial charge in [-0.05, 0) is 12.1 Å². The number of nitrogens with one attached hydrogen (secondary N) is 1. The number of rotatable bonds is 5. The van der Waals surface area contributed by atoms with Gasteiger partial charge in [-0.3, -0.25) is 0 Å². The van der Waals surface area contributed by atoms with E-state index in [0.29, 0.717) is 17.4 Å². The molecule has 0 aliphatic rings. The Morgan fingerprint density at radius 1 is 1.38 bits per heavy atom. The molecule has 1 aromatic carbocycles. The molecule has 0 saturated heterocycles. The zero-order valence-corrected chi connectivity index (χ0v) is 11.9. The molecule has 0 aliphatic heterocycles. The zero-order chi connectivity index (χ0) is 15.2. The fourth-order valence-electron chi connectivity index (χ4n) is 1.75. The minimum atomic E-state index is 0.155. The zero-order valence-electron chi connectivity index (χ0n) is 11.9. The second kappa shape index (κ2) is 6.43. The number of oxazole rings is 1. The second-order valence-corrected chi connectivity index (χ2v) is 3.98. The maximum Gasteiger partial charge on any atom is 0.252 e. The lowest BCUT2D eigenvalue weighted by atomic mass is 10.2. The Hall–Kier alpha value is -3.01. The summed E-state index contributed by atoms with van der Waals surface area (Å²) in [6.45, 7) is 1.65. The molecule has 0 aliphatic carbocycles. The third-order valence-electron chi connectivity index (χ3n) is 2.64. The lowest BCUT2D eigenvalue weighted by molar-refractivity contribution is 0.354. The van der Waals surface area contributed by atoms with Crippen LogP contribution in [0.15, 0.2) is 27.7 Å². The molecule has 21 heavy (non-hydrogen) atoms. The molecule has 0 atom stereocenters. The van der Waals surface area contributed by atoms with Crippen LogP contribution in [0.3, 0.4) is 0 Å². The van der Waals surface area contributed by atoms with Crippen molar-refractivity contribution in [3.8, 4) is 17.6 Å². The summed E-state index contributed by atoms with van der Waals surface area (Å²) < 4.78 is 15.7. The molecule has 2 aromatic rings. The van der Waals surface area contributed by atoms with Crippen LogP contribution in [-0.4, -0.2) is 25.4 Å². The molecule has 0 unspecified atom stereocenters. The number of hydrogen-bond acceptors (Lipinski definition) is 7. The number of nitriles is 1. The Kier molecular flexibility index (Phi) is 4.41. The number of aryl methyl sites for hydroxylation is 1. The van der Waals surface area contributed by atoms with Crippen molar-refractivity contribution in [2.24, 2.45) is 5.10 Å². The van der Waals surface area contributed by atoms with E-state index in [-0.39, 0.29) is 11.6 Å². The highest BCUT2D eigenvalue weighted by Gasteiger charge is 2.10. The van der Waals surface area contributed by atoms with Gasteiger partial charge in [0.15, 0.2) is 17.4 Å². The quantitative estimate of drug-likeness (QED) is 0.669. The first kappa shape index (κ1) is 14.4. The van der Waals surface area contributed by atoms with E-state index in [1.54, 1.807) is 33.4 Å². The highest BCUT2D eigenvalue weighted by atomic mass is 16.5. The van der Waals surface area contributed by atoms with Crippen LogP contribution in [0.2, 0.25) is 0 Å². The molecule has 7 heteroatoms. The van der Waals surface area contributed by atoms with Gasteiger partial charge >= 0.3 is 0 Å². The Labute approximate surface area is 121 Å². The lowest BCUT2D eigenvalue weighted by Crippen LogP contribution is -1.97. The number of para-hydroxylation sites is 1. The smallest absolute Gasteiger partial charge is 0.252 e. The number of aromatic nitrogens is 1. The van der Waals surface area contributed by atoms with Crippen LogP contribution in [-0.2, 0) is 0 Å². The van der Waals surface area contributed by atoms with Crippen LogP contribution in [0, 0.1) is 18.3 Å². The highest BCUT2D eigenvalue weighted by molar-refractivity contribution is 5.85. The molecule has 0 bridgehead atoms. The molecule has 0 amide bonds. The normalized spacial score (nSPS) is 10.4. The van der Waals surface area contributed by atoms with Gasteiger partial charge < -0.3 is 13.9 Å². The lowest BCUT2D eigenvalue weighted by Gasteiger charge is -2.09. The van der Waals surface area contributed by atoms with Crippen LogP contribution in [0.1, 0.15) is 17.1 Å². The predicted molar refractivity (Wildman–Crippen MR) is 76.7 cm³/mol. The summed E-state index contributed by atoms with van der Waals surface area (Å²) in [4.78, 5) is 3.91. The van der Waals surface area contributed by atoms with Crippen molar-refractivity contribution in [1.29, 1.82) is 5.26 Å². The minimum Gasteiger partial charge on any atom is -0.493 e. The Morgan fingerprint density at radius 2 is 2.19 bits per heavy atom. The van der Waals surface area contributed by atoms with E-state index in [4.69, 9.17) is 19.2 Å². The average Bonchev–Trinajstić information content (AvgIpc) is 2.86. The number of hydrazone groups is 1. The maximum atomic E-state index is 8.90. The summed E-state index contributed by atoms with van der Waals surface area (Å²) in [6, 6.07) is 7.35.